The smallest absolute Gasteiger partial charge is 0.158 e. The molecule has 0 saturated heterocycles. The fourth-order valence-corrected chi connectivity index (χ4v) is 2.98. The molecule has 0 radical (unpaired) electrons. The SMILES string of the molecule is COc1ccc(OCCS(=O)(=O)[C@H](CO)CCO)cc1. The van der Waals surface area contributed by atoms with E-state index >= 15 is 0 Å². The van der Waals surface area contributed by atoms with Gasteiger partial charge in [0.05, 0.1) is 24.7 Å². The Bertz CT molecular complexity index is 482. The van der Waals surface area contributed by atoms with Gasteiger partial charge in [0.1, 0.15) is 18.1 Å². The zero-order valence-corrected chi connectivity index (χ0v) is 12.2. The number of benzene rings is 1. The van der Waals surface area contributed by atoms with E-state index in [4.69, 9.17) is 19.7 Å². The summed E-state index contributed by atoms with van der Waals surface area (Å²) in [5.74, 6) is 1.03. The Morgan fingerprint density at radius 1 is 1.15 bits per heavy atom. The van der Waals surface area contributed by atoms with E-state index in [9.17, 15) is 8.42 Å². The third-order valence-corrected chi connectivity index (χ3v) is 4.99. The fourth-order valence-electron chi connectivity index (χ4n) is 1.64. The lowest BCUT2D eigenvalue weighted by Crippen LogP contribution is -2.30. The predicted octanol–water partition coefficient (Wildman–Crippen LogP) is 0.232. The standard InChI is InChI=1S/C13H20O6S/c1-18-11-2-4-12(5-3-11)19-8-9-20(16,17)13(10-15)6-7-14/h2-5,13-15H,6-10H2,1H3/t13-/m0/s1. The Balaban J connectivity index is 2.49. The Morgan fingerprint density at radius 2 is 1.75 bits per heavy atom. The molecule has 1 atom stereocenters. The second-order valence-electron chi connectivity index (χ2n) is 4.21. The van der Waals surface area contributed by atoms with Crippen LogP contribution in [0, 0.1) is 0 Å². The van der Waals surface area contributed by atoms with Crippen molar-refractivity contribution in [1.82, 2.24) is 0 Å². The molecule has 0 fully saturated rings. The van der Waals surface area contributed by atoms with Gasteiger partial charge in [-0.3, -0.25) is 0 Å². The number of sulfone groups is 1. The molecule has 6 nitrogen and oxygen atoms in total. The van der Waals surface area contributed by atoms with Gasteiger partial charge in [-0.1, -0.05) is 0 Å². The first-order valence-electron chi connectivity index (χ1n) is 6.23. The molecule has 0 aliphatic rings. The van der Waals surface area contributed by atoms with Crippen molar-refractivity contribution in [1.29, 1.82) is 0 Å². The number of methoxy groups -OCH3 is 1. The number of ether oxygens (including phenoxy) is 2. The van der Waals surface area contributed by atoms with E-state index in [1.54, 1.807) is 31.4 Å². The minimum atomic E-state index is -3.48. The first kappa shape index (κ1) is 16.7. The van der Waals surface area contributed by atoms with Crippen LogP contribution >= 0.6 is 0 Å². The quantitative estimate of drug-likeness (QED) is 0.678. The van der Waals surface area contributed by atoms with Crippen LogP contribution in [0.4, 0.5) is 0 Å². The molecule has 0 spiro atoms. The first-order valence-corrected chi connectivity index (χ1v) is 7.95. The largest absolute Gasteiger partial charge is 0.497 e. The number of aliphatic hydroxyl groups excluding tert-OH is 2. The van der Waals surface area contributed by atoms with Crippen molar-refractivity contribution in [2.75, 3.05) is 32.7 Å². The van der Waals surface area contributed by atoms with Gasteiger partial charge < -0.3 is 19.7 Å². The average Bonchev–Trinajstić information content (AvgIpc) is 2.45. The third kappa shape index (κ3) is 4.99. The van der Waals surface area contributed by atoms with E-state index in [2.05, 4.69) is 0 Å². The number of hydrogen-bond acceptors (Lipinski definition) is 6. The summed E-state index contributed by atoms with van der Waals surface area (Å²) in [4.78, 5) is 0. The van der Waals surface area contributed by atoms with Gasteiger partial charge in [-0.15, -0.1) is 0 Å². The predicted molar refractivity (Wildman–Crippen MR) is 74.9 cm³/mol. The molecular formula is C13H20O6S. The lowest BCUT2D eigenvalue weighted by Gasteiger charge is -2.14. The van der Waals surface area contributed by atoms with E-state index in [0.29, 0.717) is 11.5 Å². The molecule has 0 amide bonds. The Kier molecular flexibility index (Phi) is 6.77. The minimum absolute atomic E-state index is 0.00338. The summed E-state index contributed by atoms with van der Waals surface area (Å²) in [5, 5.41) is 16.8. The number of aliphatic hydroxyl groups is 2. The molecule has 1 rings (SSSR count). The zero-order chi connectivity index (χ0) is 15.0. The highest BCUT2D eigenvalue weighted by Crippen LogP contribution is 2.17. The first-order chi connectivity index (χ1) is 9.53. The van der Waals surface area contributed by atoms with Crippen LogP contribution in [-0.4, -0.2) is 56.6 Å². The second kappa shape index (κ2) is 8.08. The maximum atomic E-state index is 11.9. The second-order valence-corrected chi connectivity index (χ2v) is 6.61. The monoisotopic (exact) mass is 304 g/mol. The zero-order valence-electron chi connectivity index (χ0n) is 11.4. The van der Waals surface area contributed by atoms with E-state index in [-0.39, 0.29) is 25.4 Å². The van der Waals surface area contributed by atoms with Crippen LogP contribution in [0.1, 0.15) is 6.42 Å². The summed E-state index contributed by atoms with van der Waals surface area (Å²) >= 11 is 0. The van der Waals surface area contributed by atoms with Gasteiger partial charge in [-0.25, -0.2) is 8.42 Å². The highest BCUT2D eigenvalue weighted by Gasteiger charge is 2.24. The number of hydrogen-bond donors (Lipinski definition) is 2. The van der Waals surface area contributed by atoms with Crippen molar-refractivity contribution in [3.63, 3.8) is 0 Å². The van der Waals surface area contributed by atoms with Crippen molar-refractivity contribution in [3.05, 3.63) is 24.3 Å². The van der Waals surface area contributed by atoms with Crippen LogP contribution in [0.5, 0.6) is 11.5 Å². The van der Waals surface area contributed by atoms with Crippen molar-refractivity contribution >= 4 is 9.84 Å². The van der Waals surface area contributed by atoms with Crippen LogP contribution in [0.25, 0.3) is 0 Å². The average molecular weight is 304 g/mol. The van der Waals surface area contributed by atoms with Crippen LogP contribution in [0.2, 0.25) is 0 Å². The van der Waals surface area contributed by atoms with Gasteiger partial charge in [0, 0.05) is 6.61 Å². The lowest BCUT2D eigenvalue weighted by molar-refractivity contribution is 0.243. The molecule has 20 heavy (non-hydrogen) atoms. The molecule has 0 aliphatic heterocycles. The van der Waals surface area contributed by atoms with Gasteiger partial charge in [0.2, 0.25) is 0 Å². The van der Waals surface area contributed by atoms with Crippen LogP contribution in [0.3, 0.4) is 0 Å². The molecule has 0 aliphatic carbocycles. The van der Waals surface area contributed by atoms with E-state index in [1.165, 1.54) is 0 Å². The van der Waals surface area contributed by atoms with Gasteiger partial charge in [-0.05, 0) is 30.7 Å². The maximum absolute atomic E-state index is 11.9. The fraction of sp³-hybridized carbons (Fsp3) is 0.538. The van der Waals surface area contributed by atoms with Crippen molar-refractivity contribution in [3.8, 4) is 11.5 Å². The third-order valence-electron chi connectivity index (χ3n) is 2.86. The van der Waals surface area contributed by atoms with Gasteiger partial charge in [0.15, 0.2) is 9.84 Å². The molecule has 0 heterocycles. The van der Waals surface area contributed by atoms with E-state index in [1.807, 2.05) is 0 Å². The van der Waals surface area contributed by atoms with Crippen molar-refractivity contribution < 1.29 is 28.1 Å². The highest BCUT2D eigenvalue weighted by atomic mass is 32.2. The summed E-state index contributed by atoms with van der Waals surface area (Å²) in [6, 6.07) is 6.80. The topological polar surface area (TPSA) is 93.1 Å². The maximum Gasteiger partial charge on any atom is 0.158 e. The van der Waals surface area contributed by atoms with Gasteiger partial charge in [0.25, 0.3) is 0 Å². The summed E-state index contributed by atoms with van der Waals surface area (Å²) in [7, 11) is -1.92. The lowest BCUT2D eigenvalue weighted by atomic mass is 10.3. The summed E-state index contributed by atoms with van der Waals surface area (Å²) in [5.41, 5.74) is 0. The molecule has 7 heteroatoms. The highest BCUT2D eigenvalue weighted by molar-refractivity contribution is 7.92. The van der Waals surface area contributed by atoms with Crippen LogP contribution in [0.15, 0.2) is 24.3 Å². The van der Waals surface area contributed by atoms with Crippen LogP contribution < -0.4 is 9.47 Å². The Hall–Kier alpha value is -1.31. The molecule has 2 N–H and O–H groups in total. The molecular weight excluding hydrogens is 284 g/mol. The summed E-state index contributed by atoms with van der Waals surface area (Å²) in [6.45, 7) is -0.772. The molecule has 0 aromatic heterocycles. The minimum Gasteiger partial charge on any atom is -0.497 e. The van der Waals surface area contributed by atoms with Crippen molar-refractivity contribution in [2.45, 2.75) is 11.7 Å². The summed E-state index contributed by atoms with van der Waals surface area (Å²) in [6.07, 6.45) is 0.0291. The normalized spacial score (nSPS) is 12.9. The molecule has 0 saturated carbocycles. The molecule has 1 aromatic carbocycles. The van der Waals surface area contributed by atoms with Crippen LogP contribution in [-0.2, 0) is 9.84 Å². The van der Waals surface area contributed by atoms with Gasteiger partial charge in [-0.2, -0.15) is 0 Å². The van der Waals surface area contributed by atoms with Crippen molar-refractivity contribution in [2.24, 2.45) is 0 Å². The van der Waals surface area contributed by atoms with Gasteiger partial charge >= 0.3 is 0 Å². The molecule has 1 aromatic rings. The molecule has 0 unspecified atom stereocenters. The molecule has 0 bridgehead atoms. The molecule has 114 valence electrons. The van der Waals surface area contributed by atoms with E-state index in [0.717, 1.165) is 0 Å². The Labute approximate surface area is 118 Å². The summed E-state index contributed by atoms with van der Waals surface area (Å²) < 4.78 is 34.1. The Morgan fingerprint density at radius 3 is 2.25 bits per heavy atom. The number of rotatable bonds is 9. The van der Waals surface area contributed by atoms with E-state index < -0.39 is 21.7 Å².